The van der Waals surface area contributed by atoms with Crippen molar-refractivity contribution in [2.45, 2.75) is 39.2 Å². The molecule has 0 aliphatic carbocycles. The summed E-state index contributed by atoms with van der Waals surface area (Å²) in [6.07, 6.45) is 3.95. The number of hydrogen-bond acceptors (Lipinski definition) is 5. The van der Waals surface area contributed by atoms with E-state index in [1.165, 1.54) is 17.4 Å². The van der Waals surface area contributed by atoms with Crippen LogP contribution >= 0.6 is 0 Å². The molecule has 6 heteroatoms. The van der Waals surface area contributed by atoms with Gasteiger partial charge in [0.2, 0.25) is 5.89 Å². The number of nitrogens with two attached hydrogens (primary N) is 2. The first-order valence-corrected chi connectivity index (χ1v) is 9.86. The summed E-state index contributed by atoms with van der Waals surface area (Å²) in [5, 5.41) is 2.84. The maximum absolute atomic E-state index is 12.4. The second kappa shape index (κ2) is 9.39. The van der Waals surface area contributed by atoms with Gasteiger partial charge in [0, 0.05) is 11.4 Å². The summed E-state index contributed by atoms with van der Waals surface area (Å²) in [6.45, 7) is 4.16. The van der Waals surface area contributed by atoms with Gasteiger partial charge in [-0.25, -0.2) is 4.98 Å². The number of nitrogens with one attached hydrogen (secondary N) is 1. The predicted octanol–water partition coefficient (Wildman–Crippen LogP) is 4.34. The zero-order valence-corrected chi connectivity index (χ0v) is 16.9. The van der Waals surface area contributed by atoms with Gasteiger partial charge in [0.25, 0.3) is 5.91 Å². The zero-order valence-electron chi connectivity index (χ0n) is 16.9. The number of nitrogen functional groups attached to an aromatic ring is 1. The molecule has 3 aromatic rings. The summed E-state index contributed by atoms with van der Waals surface area (Å²) in [7, 11) is 0. The molecule has 0 radical (unpaired) electrons. The molecule has 1 unspecified atom stereocenters. The van der Waals surface area contributed by atoms with Crippen molar-refractivity contribution in [2.75, 3.05) is 11.1 Å². The number of anilines is 2. The van der Waals surface area contributed by atoms with E-state index in [1.54, 1.807) is 0 Å². The maximum Gasteiger partial charge on any atom is 0.277 e. The molecule has 1 atom stereocenters. The van der Waals surface area contributed by atoms with Crippen LogP contribution in [0.5, 0.6) is 0 Å². The third-order valence-corrected chi connectivity index (χ3v) is 4.69. The molecule has 29 heavy (non-hydrogen) atoms. The molecule has 1 amide bonds. The molecule has 152 valence electrons. The Morgan fingerprint density at radius 1 is 1.03 bits per heavy atom. The van der Waals surface area contributed by atoms with Crippen LogP contribution in [0.1, 0.15) is 53.8 Å². The number of oxazole rings is 1. The lowest BCUT2D eigenvalue weighted by Gasteiger charge is -2.09. The van der Waals surface area contributed by atoms with Gasteiger partial charge in [0.15, 0.2) is 5.69 Å². The van der Waals surface area contributed by atoms with Crippen molar-refractivity contribution in [3.63, 3.8) is 0 Å². The van der Waals surface area contributed by atoms with E-state index in [2.05, 4.69) is 24.1 Å². The Hall–Kier alpha value is -3.12. The molecular weight excluding hydrogens is 364 g/mol. The van der Waals surface area contributed by atoms with Gasteiger partial charge in [-0.05, 0) is 60.6 Å². The van der Waals surface area contributed by atoms with Gasteiger partial charge in [-0.1, -0.05) is 38.1 Å². The summed E-state index contributed by atoms with van der Waals surface area (Å²) < 4.78 is 5.38. The van der Waals surface area contributed by atoms with Gasteiger partial charge in [-0.15, -0.1) is 0 Å². The van der Waals surface area contributed by atoms with E-state index in [-0.39, 0.29) is 17.6 Å². The number of carbonyl (C=O) groups excluding carboxylic acids is 1. The first-order valence-electron chi connectivity index (χ1n) is 9.86. The molecule has 5 N–H and O–H groups in total. The average Bonchev–Trinajstić information content (AvgIpc) is 3.19. The minimum absolute atomic E-state index is 0.228. The molecule has 0 saturated carbocycles. The van der Waals surface area contributed by atoms with Crippen molar-refractivity contribution in [1.29, 1.82) is 0 Å². The summed E-state index contributed by atoms with van der Waals surface area (Å²) in [4.78, 5) is 16.6. The average molecular weight is 393 g/mol. The fourth-order valence-electron chi connectivity index (χ4n) is 3.09. The Morgan fingerprint density at radius 2 is 1.62 bits per heavy atom. The Balaban J connectivity index is 1.54. The van der Waals surface area contributed by atoms with Gasteiger partial charge in [-0.3, -0.25) is 4.79 Å². The number of aromatic nitrogens is 1. The molecule has 2 aromatic carbocycles. The fourth-order valence-corrected chi connectivity index (χ4v) is 3.09. The molecule has 0 fully saturated rings. The van der Waals surface area contributed by atoms with Crippen molar-refractivity contribution in [3.8, 4) is 0 Å². The van der Waals surface area contributed by atoms with E-state index >= 15 is 0 Å². The second-order valence-electron chi connectivity index (χ2n) is 7.70. The summed E-state index contributed by atoms with van der Waals surface area (Å²) in [6, 6.07) is 15.4. The van der Waals surface area contributed by atoms with Crippen molar-refractivity contribution in [3.05, 3.63) is 77.5 Å². The molecular formula is C23H28N4O2. The predicted molar refractivity (Wildman–Crippen MR) is 116 cm³/mol. The minimum Gasteiger partial charge on any atom is -0.446 e. The Labute approximate surface area is 171 Å². The molecule has 0 saturated heterocycles. The highest BCUT2D eigenvalue weighted by Crippen LogP contribution is 2.19. The van der Waals surface area contributed by atoms with Crippen LogP contribution in [0.4, 0.5) is 11.4 Å². The van der Waals surface area contributed by atoms with E-state index in [4.69, 9.17) is 15.9 Å². The van der Waals surface area contributed by atoms with Crippen LogP contribution in [-0.4, -0.2) is 10.9 Å². The highest BCUT2D eigenvalue weighted by molar-refractivity contribution is 6.02. The fraction of sp³-hybridized carbons (Fsp3) is 0.304. The smallest absolute Gasteiger partial charge is 0.277 e. The van der Waals surface area contributed by atoms with Crippen LogP contribution in [0.2, 0.25) is 0 Å². The van der Waals surface area contributed by atoms with Crippen molar-refractivity contribution in [1.82, 2.24) is 4.98 Å². The normalized spacial score (nSPS) is 12.1. The lowest BCUT2D eigenvalue weighted by atomic mass is 10.0. The molecule has 0 aliphatic heterocycles. The largest absolute Gasteiger partial charge is 0.446 e. The number of amides is 1. The molecule has 3 rings (SSSR count). The van der Waals surface area contributed by atoms with Gasteiger partial charge in [0.05, 0.1) is 6.04 Å². The van der Waals surface area contributed by atoms with Gasteiger partial charge < -0.3 is 21.2 Å². The maximum atomic E-state index is 12.4. The standard InChI is InChI=1S/C23H28N4O2/c1-15(2)13-20(25)23-27-21(14-29-23)22(28)26-19-11-7-17(8-12-19)4-3-16-5-9-18(24)10-6-16/h5-12,14-15,20H,3-4,13,24-25H2,1-2H3,(H,26,28). The molecule has 1 aromatic heterocycles. The number of aryl methyl sites for hydroxylation is 2. The third-order valence-electron chi connectivity index (χ3n) is 4.69. The van der Waals surface area contributed by atoms with Crippen LogP contribution in [0, 0.1) is 5.92 Å². The molecule has 0 aliphatic rings. The number of nitrogens with zero attached hydrogens (tertiary/aromatic N) is 1. The second-order valence-corrected chi connectivity index (χ2v) is 7.70. The van der Waals surface area contributed by atoms with E-state index < -0.39 is 0 Å². The number of benzene rings is 2. The zero-order chi connectivity index (χ0) is 20.8. The van der Waals surface area contributed by atoms with Crippen LogP contribution in [-0.2, 0) is 12.8 Å². The SMILES string of the molecule is CC(C)CC(N)c1nc(C(=O)Nc2ccc(CCc3ccc(N)cc3)cc2)co1. The summed E-state index contributed by atoms with van der Waals surface area (Å²) in [5.74, 6) is 0.501. The molecule has 6 nitrogen and oxygen atoms in total. The van der Waals surface area contributed by atoms with E-state index in [1.807, 2.05) is 48.5 Å². The van der Waals surface area contributed by atoms with Crippen LogP contribution in [0.3, 0.4) is 0 Å². The van der Waals surface area contributed by atoms with Gasteiger partial charge >= 0.3 is 0 Å². The highest BCUT2D eigenvalue weighted by atomic mass is 16.3. The topological polar surface area (TPSA) is 107 Å². The quantitative estimate of drug-likeness (QED) is 0.494. The third kappa shape index (κ3) is 5.93. The number of rotatable bonds is 8. The number of hydrogen-bond donors (Lipinski definition) is 3. The van der Waals surface area contributed by atoms with E-state index in [0.29, 0.717) is 17.5 Å². The summed E-state index contributed by atoms with van der Waals surface area (Å²) in [5.41, 5.74) is 15.9. The van der Waals surface area contributed by atoms with Crippen LogP contribution < -0.4 is 16.8 Å². The van der Waals surface area contributed by atoms with E-state index in [9.17, 15) is 4.79 Å². The molecule has 0 spiro atoms. The Kier molecular flexibility index (Phi) is 6.67. The Bertz CT molecular complexity index is 930. The van der Waals surface area contributed by atoms with Crippen molar-refractivity contribution < 1.29 is 9.21 Å². The van der Waals surface area contributed by atoms with E-state index in [0.717, 1.165) is 24.9 Å². The molecule has 0 bridgehead atoms. The highest BCUT2D eigenvalue weighted by Gasteiger charge is 2.18. The lowest BCUT2D eigenvalue weighted by molar-refractivity contribution is 0.102. The first-order chi connectivity index (χ1) is 13.9. The van der Waals surface area contributed by atoms with Gasteiger partial charge in [-0.2, -0.15) is 0 Å². The first kappa shape index (κ1) is 20.6. The van der Waals surface area contributed by atoms with Gasteiger partial charge in [0.1, 0.15) is 6.26 Å². The van der Waals surface area contributed by atoms with Crippen molar-refractivity contribution in [2.24, 2.45) is 11.7 Å². The van der Waals surface area contributed by atoms with Crippen LogP contribution in [0.25, 0.3) is 0 Å². The van der Waals surface area contributed by atoms with Crippen LogP contribution in [0.15, 0.2) is 59.2 Å². The lowest BCUT2D eigenvalue weighted by Crippen LogP contribution is -2.15. The summed E-state index contributed by atoms with van der Waals surface area (Å²) >= 11 is 0. The minimum atomic E-state index is -0.314. The van der Waals surface area contributed by atoms with Crippen molar-refractivity contribution >= 4 is 17.3 Å². The molecule has 1 heterocycles. The Morgan fingerprint density at radius 3 is 2.21 bits per heavy atom. The number of carbonyl (C=O) groups is 1. The monoisotopic (exact) mass is 392 g/mol.